The molecule has 2 aromatic rings. The monoisotopic (exact) mass is 418 g/mol. The predicted octanol–water partition coefficient (Wildman–Crippen LogP) is 2.26. The Morgan fingerprint density at radius 1 is 1.10 bits per heavy atom. The average Bonchev–Trinajstić information content (AvgIpc) is 3.21. The van der Waals surface area contributed by atoms with Crippen molar-refractivity contribution in [3.63, 3.8) is 0 Å². The fourth-order valence-corrected chi connectivity index (χ4v) is 4.29. The first-order chi connectivity index (χ1) is 15.1. The third-order valence-corrected chi connectivity index (χ3v) is 6.02. The summed E-state index contributed by atoms with van der Waals surface area (Å²) >= 11 is 0. The minimum absolute atomic E-state index is 0.0395. The van der Waals surface area contributed by atoms with Gasteiger partial charge >= 0.3 is 0 Å². The SMILES string of the molecule is COc1ccccc1N1CC(C(=O)N2CCN(Cc3ccc(C#N)cc3)CC2)CC1=O. The van der Waals surface area contributed by atoms with Crippen molar-refractivity contribution < 1.29 is 14.3 Å². The van der Waals surface area contributed by atoms with Crippen molar-refractivity contribution in [1.29, 1.82) is 5.26 Å². The third-order valence-electron chi connectivity index (χ3n) is 6.02. The Morgan fingerprint density at radius 3 is 2.48 bits per heavy atom. The van der Waals surface area contributed by atoms with E-state index in [2.05, 4.69) is 11.0 Å². The lowest BCUT2D eigenvalue weighted by Crippen LogP contribution is -2.50. The highest BCUT2D eigenvalue weighted by Crippen LogP contribution is 2.33. The van der Waals surface area contributed by atoms with E-state index in [-0.39, 0.29) is 24.2 Å². The first-order valence-electron chi connectivity index (χ1n) is 10.5. The Balaban J connectivity index is 1.32. The fourth-order valence-electron chi connectivity index (χ4n) is 4.29. The van der Waals surface area contributed by atoms with Gasteiger partial charge in [0.25, 0.3) is 0 Å². The van der Waals surface area contributed by atoms with Gasteiger partial charge in [-0.05, 0) is 29.8 Å². The van der Waals surface area contributed by atoms with Crippen LogP contribution in [0.5, 0.6) is 5.75 Å². The van der Waals surface area contributed by atoms with Crippen LogP contribution in [0.15, 0.2) is 48.5 Å². The topological polar surface area (TPSA) is 76.9 Å². The van der Waals surface area contributed by atoms with Crippen LogP contribution in [-0.4, -0.2) is 61.4 Å². The van der Waals surface area contributed by atoms with E-state index >= 15 is 0 Å². The van der Waals surface area contributed by atoms with Gasteiger partial charge < -0.3 is 14.5 Å². The second-order valence-electron chi connectivity index (χ2n) is 7.99. The number of amides is 2. The molecule has 0 saturated carbocycles. The van der Waals surface area contributed by atoms with Gasteiger partial charge in [0, 0.05) is 45.7 Å². The summed E-state index contributed by atoms with van der Waals surface area (Å²) in [5, 5.41) is 8.92. The number of ether oxygens (including phenoxy) is 1. The molecule has 160 valence electrons. The highest BCUT2D eigenvalue weighted by atomic mass is 16.5. The lowest BCUT2D eigenvalue weighted by Gasteiger charge is -2.36. The van der Waals surface area contributed by atoms with Crippen molar-refractivity contribution in [2.75, 3.05) is 44.7 Å². The van der Waals surface area contributed by atoms with Gasteiger partial charge in [-0.15, -0.1) is 0 Å². The van der Waals surface area contributed by atoms with Gasteiger partial charge in [-0.25, -0.2) is 0 Å². The highest BCUT2D eigenvalue weighted by Gasteiger charge is 2.38. The number of carbonyl (C=O) groups is 2. The lowest BCUT2D eigenvalue weighted by molar-refractivity contribution is -0.137. The molecule has 1 unspecified atom stereocenters. The van der Waals surface area contributed by atoms with E-state index in [1.165, 1.54) is 0 Å². The Labute approximate surface area is 182 Å². The Bertz CT molecular complexity index is 991. The third kappa shape index (κ3) is 4.54. The number of rotatable bonds is 5. The molecular weight excluding hydrogens is 392 g/mol. The zero-order valence-corrected chi connectivity index (χ0v) is 17.7. The van der Waals surface area contributed by atoms with Crippen LogP contribution in [-0.2, 0) is 16.1 Å². The predicted molar refractivity (Wildman–Crippen MR) is 116 cm³/mol. The van der Waals surface area contributed by atoms with E-state index in [1.807, 2.05) is 53.4 Å². The molecule has 0 bridgehead atoms. The minimum atomic E-state index is -0.317. The van der Waals surface area contributed by atoms with Gasteiger partial charge in [0.15, 0.2) is 0 Å². The van der Waals surface area contributed by atoms with E-state index in [0.717, 1.165) is 30.9 Å². The van der Waals surface area contributed by atoms with Crippen molar-refractivity contribution in [1.82, 2.24) is 9.80 Å². The van der Waals surface area contributed by atoms with Gasteiger partial charge in [-0.3, -0.25) is 14.5 Å². The molecule has 0 aromatic heterocycles. The molecule has 2 fully saturated rings. The number of hydrogen-bond donors (Lipinski definition) is 0. The molecule has 2 aliphatic rings. The normalized spacial score (nSPS) is 19.4. The van der Waals surface area contributed by atoms with Gasteiger partial charge in [0.2, 0.25) is 11.8 Å². The van der Waals surface area contributed by atoms with Gasteiger partial charge in [-0.1, -0.05) is 24.3 Å². The van der Waals surface area contributed by atoms with E-state index in [9.17, 15) is 9.59 Å². The molecule has 31 heavy (non-hydrogen) atoms. The molecule has 2 saturated heterocycles. The first kappa shape index (κ1) is 20.9. The summed E-state index contributed by atoms with van der Waals surface area (Å²) in [6.07, 6.45) is 0.238. The molecule has 0 N–H and O–H groups in total. The Kier molecular flexibility index (Phi) is 6.19. The lowest BCUT2D eigenvalue weighted by atomic mass is 10.1. The summed E-state index contributed by atoms with van der Waals surface area (Å²) in [6.45, 7) is 4.11. The van der Waals surface area contributed by atoms with Crippen LogP contribution in [0.25, 0.3) is 0 Å². The maximum atomic E-state index is 13.1. The van der Waals surface area contributed by atoms with E-state index in [0.29, 0.717) is 30.9 Å². The van der Waals surface area contributed by atoms with Gasteiger partial charge in [-0.2, -0.15) is 5.26 Å². The summed E-state index contributed by atoms with van der Waals surface area (Å²) in [6, 6.07) is 17.2. The summed E-state index contributed by atoms with van der Waals surface area (Å²) in [5.74, 6) is 0.342. The number of benzene rings is 2. The van der Waals surface area contributed by atoms with Crippen LogP contribution in [0.1, 0.15) is 17.5 Å². The standard InChI is InChI=1S/C24H26N4O3/c1-31-22-5-3-2-4-21(22)28-17-20(14-23(28)29)24(30)27-12-10-26(11-13-27)16-19-8-6-18(15-25)7-9-19/h2-9,20H,10-14,16-17H2,1H3. The number of nitriles is 1. The van der Waals surface area contributed by atoms with E-state index in [1.54, 1.807) is 12.0 Å². The number of anilines is 1. The van der Waals surface area contributed by atoms with Crippen LogP contribution < -0.4 is 9.64 Å². The van der Waals surface area contributed by atoms with Gasteiger partial charge in [0.1, 0.15) is 5.75 Å². The Hall–Kier alpha value is -3.37. The second-order valence-corrected chi connectivity index (χ2v) is 7.99. The molecule has 7 heteroatoms. The number of piperazine rings is 1. The molecule has 2 amide bonds. The largest absolute Gasteiger partial charge is 0.495 e. The van der Waals surface area contributed by atoms with Crippen LogP contribution in [0, 0.1) is 17.2 Å². The van der Waals surface area contributed by atoms with Crippen molar-refractivity contribution in [2.45, 2.75) is 13.0 Å². The number of hydrogen-bond acceptors (Lipinski definition) is 5. The van der Waals surface area contributed by atoms with E-state index in [4.69, 9.17) is 10.00 Å². The van der Waals surface area contributed by atoms with Crippen molar-refractivity contribution >= 4 is 17.5 Å². The first-order valence-corrected chi connectivity index (χ1v) is 10.5. The van der Waals surface area contributed by atoms with Crippen LogP contribution in [0.2, 0.25) is 0 Å². The number of methoxy groups -OCH3 is 1. The minimum Gasteiger partial charge on any atom is -0.495 e. The Morgan fingerprint density at radius 2 is 1.81 bits per heavy atom. The zero-order chi connectivity index (χ0) is 21.8. The second kappa shape index (κ2) is 9.19. The number of nitrogens with zero attached hydrogens (tertiary/aromatic N) is 4. The molecule has 7 nitrogen and oxygen atoms in total. The number of para-hydroxylation sites is 2. The van der Waals surface area contributed by atoms with Crippen LogP contribution >= 0.6 is 0 Å². The summed E-state index contributed by atoms with van der Waals surface area (Å²) in [7, 11) is 1.58. The fraction of sp³-hybridized carbons (Fsp3) is 0.375. The number of carbonyl (C=O) groups excluding carboxylic acids is 2. The van der Waals surface area contributed by atoms with Crippen molar-refractivity contribution in [3.05, 3.63) is 59.7 Å². The molecular formula is C24H26N4O3. The summed E-state index contributed by atoms with van der Waals surface area (Å²) in [5.41, 5.74) is 2.54. The van der Waals surface area contributed by atoms with Crippen molar-refractivity contribution in [3.8, 4) is 11.8 Å². The average molecular weight is 418 g/mol. The smallest absolute Gasteiger partial charge is 0.228 e. The maximum Gasteiger partial charge on any atom is 0.228 e. The zero-order valence-electron chi connectivity index (χ0n) is 17.7. The summed E-state index contributed by atoms with van der Waals surface area (Å²) < 4.78 is 5.38. The van der Waals surface area contributed by atoms with Gasteiger partial charge in [0.05, 0.1) is 30.3 Å². The molecule has 2 aliphatic heterocycles. The quantitative estimate of drug-likeness (QED) is 0.745. The molecule has 0 aliphatic carbocycles. The molecule has 0 spiro atoms. The molecule has 1 atom stereocenters. The molecule has 4 rings (SSSR count). The molecule has 2 aromatic carbocycles. The van der Waals surface area contributed by atoms with Crippen molar-refractivity contribution in [2.24, 2.45) is 5.92 Å². The maximum absolute atomic E-state index is 13.1. The summed E-state index contributed by atoms with van der Waals surface area (Å²) in [4.78, 5) is 31.6. The highest BCUT2D eigenvalue weighted by molar-refractivity contribution is 6.01. The van der Waals surface area contributed by atoms with Crippen LogP contribution in [0.4, 0.5) is 5.69 Å². The van der Waals surface area contributed by atoms with Crippen LogP contribution in [0.3, 0.4) is 0 Å². The van der Waals surface area contributed by atoms with E-state index < -0.39 is 0 Å². The molecule has 2 heterocycles. The molecule has 0 radical (unpaired) electrons.